The third kappa shape index (κ3) is 4.60. The Morgan fingerprint density at radius 3 is 2.73 bits per heavy atom. The molecule has 1 saturated heterocycles. The number of amides is 2. The molecule has 8 heteroatoms. The number of benzene rings is 2. The number of rotatable bonds is 5. The van der Waals surface area contributed by atoms with Crippen LogP contribution in [0.3, 0.4) is 0 Å². The van der Waals surface area contributed by atoms with E-state index in [0.29, 0.717) is 37.4 Å². The van der Waals surface area contributed by atoms with E-state index in [4.69, 9.17) is 14.3 Å². The maximum Gasteiger partial charge on any atom is 0.321 e. The lowest BCUT2D eigenvalue weighted by molar-refractivity contribution is -0.00732. The molecule has 174 valence electrons. The first-order valence-corrected chi connectivity index (χ1v) is 11.5. The second-order valence-electron chi connectivity index (χ2n) is 8.99. The maximum absolute atomic E-state index is 13.1. The molecule has 0 aromatic heterocycles. The summed E-state index contributed by atoms with van der Waals surface area (Å²) in [7, 11) is 1.64. The van der Waals surface area contributed by atoms with Crippen molar-refractivity contribution in [3.8, 4) is 11.5 Å². The number of urea groups is 1. The largest absolute Gasteiger partial charge is 0.493 e. The Labute approximate surface area is 192 Å². The monoisotopic (exact) mass is 453 g/mol. The van der Waals surface area contributed by atoms with Crippen molar-refractivity contribution in [1.82, 2.24) is 4.90 Å². The van der Waals surface area contributed by atoms with Gasteiger partial charge in [0.2, 0.25) is 0 Å². The molecule has 2 heterocycles. The van der Waals surface area contributed by atoms with Crippen LogP contribution in [0.25, 0.3) is 0 Å². The van der Waals surface area contributed by atoms with Gasteiger partial charge in [0.25, 0.3) is 0 Å². The molecule has 3 aliphatic rings. The smallest absolute Gasteiger partial charge is 0.321 e. The third-order valence-corrected chi connectivity index (χ3v) is 6.63. The summed E-state index contributed by atoms with van der Waals surface area (Å²) in [4.78, 5) is 20.3. The molecule has 33 heavy (non-hydrogen) atoms. The number of carbonyl (C=O) groups is 1. The predicted molar refractivity (Wildman–Crippen MR) is 122 cm³/mol. The summed E-state index contributed by atoms with van der Waals surface area (Å²) < 4.78 is 24.8. The van der Waals surface area contributed by atoms with Crippen LogP contribution in [-0.4, -0.2) is 48.5 Å². The fourth-order valence-electron chi connectivity index (χ4n) is 4.78. The quantitative estimate of drug-likeness (QED) is 0.695. The normalized spacial score (nSPS) is 22.4. The number of carbonyl (C=O) groups excluding carboxylic acids is 1. The lowest BCUT2D eigenvalue weighted by Crippen LogP contribution is -2.38. The van der Waals surface area contributed by atoms with Crippen LogP contribution >= 0.6 is 0 Å². The van der Waals surface area contributed by atoms with Crippen molar-refractivity contribution in [2.24, 2.45) is 5.16 Å². The molecule has 5 rings (SSSR count). The molecule has 1 unspecified atom stereocenters. The van der Waals surface area contributed by atoms with Crippen LogP contribution in [0, 0.1) is 5.82 Å². The molecular formula is C25H28FN3O4. The van der Waals surface area contributed by atoms with Gasteiger partial charge in [0.15, 0.2) is 17.1 Å². The molecule has 7 nitrogen and oxygen atoms in total. The second-order valence-corrected chi connectivity index (χ2v) is 8.99. The molecule has 0 radical (unpaired) electrons. The van der Waals surface area contributed by atoms with E-state index in [-0.39, 0.29) is 18.0 Å². The van der Waals surface area contributed by atoms with E-state index in [1.54, 1.807) is 24.1 Å². The number of ether oxygens (including phenoxy) is 2. The van der Waals surface area contributed by atoms with E-state index < -0.39 is 5.60 Å². The molecule has 1 aliphatic carbocycles. The zero-order valence-electron chi connectivity index (χ0n) is 18.7. The number of oxime groups is 1. The average Bonchev–Trinajstić information content (AvgIpc) is 3.58. The van der Waals surface area contributed by atoms with Gasteiger partial charge in [-0.3, -0.25) is 0 Å². The number of likely N-dealkylation sites (tertiary alicyclic amines) is 1. The molecule has 2 amide bonds. The highest BCUT2D eigenvalue weighted by molar-refractivity contribution is 6.02. The van der Waals surface area contributed by atoms with E-state index in [0.717, 1.165) is 29.9 Å². The van der Waals surface area contributed by atoms with Crippen molar-refractivity contribution in [3.05, 3.63) is 53.8 Å². The summed E-state index contributed by atoms with van der Waals surface area (Å²) in [5, 5.41) is 7.19. The van der Waals surface area contributed by atoms with Gasteiger partial charge >= 0.3 is 6.03 Å². The fourth-order valence-corrected chi connectivity index (χ4v) is 4.78. The zero-order valence-corrected chi connectivity index (χ0v) is 18.7. The number of hydrogen-bond acceptors (Lipinski definition) is 5. The van der Waals surface area contributed by atoms with Gasteiger partial charge in [-0.1, -0.05) is 5.16 Å². The average molecular weight is 454 g/mol. The summed E-state index contributed by atoms with van der Waals surface area (Å²) in [6.07, 6.45) is 6.06. The molecule has 1 N–H and O–H groups in total. The highest BCUT2D eigenvalue weighted by Crippen LogP contribution is 2.38. The summed E-state index contributed by atoms with van der Waals surface area (Å²) in [5.74, 6) is 1.11. The molecular weight excluding hydrogens is 425 g/mol. The molecule has 2 fully saturated rings. The van der Waals surface area contributed by atoms with E-state index in [9.17, 15) is 9.18 Å². The first-order chi connectivity index (χ1) is 16.0. The summed E-state index contributed by atoms with van der Waals surface area (Å²) in [6.45, 7) is 1.00. The maximum atomic E-state index is 13.1. The molecule has 2 aromatic carbocycles. The fraction of sp³-hybridized carbons (Fsp3) is 0.440. The van der Waals surface area contributed by atoms with E-state index in [1.807, 2.05) is 18.2 Å². The Bertz CT molecular complexity index is 1050. The Morgan fingerprint density at radius 1 is 1.18 bits per heavy atom. The Hall–Kier alpha value is -3.29. The topological polar surface area (TPSA) is 72.4 Å². The van der Waals surface area contributed by atoms with E-state index in [1.165, 1.54) is 25.0 Å². The summed E-state index contributed by atoms with van der Waals surface area (Å²) in [5.41, 5.74) is 1.81. The third-order valence-electron chi connectivity index (χ3n) is 6.63. The van der Waals surface area contributed by atoms with Gasteiger partial charge < -0.3 is 24.5 Å². The van der Waals surface area contributed by atoms with Gasteiger partial charge in [-0.05, 0) is 68.1 Å². The molecule has 1 atom stereocenters. The van der Waals surface area contributed by atoms with Crippen molar-refractivity contribution in [1.29, 1.82) is 0 Å². The van der Waals surface area contributed by atoms with E-state index in [2.05, 4.69) is 10.5 Å². The number of nitrogens with zero attached hydrogens (tertiary/aromatic N) is 2. The predicted octanol–water partition coefficient (Wildman–Crippen LogP) is 4.96. The Kier molecular flexibility index (Phi) is 5.83. The second kappa shape index (κ2) is 8.92. The highest BCUT2D eigenvalue weighted by Gasteiger charge is 2.47. The van der Waals surface area contributed by atoms with Crippen molar-refractivity contribution in [2.75, 3.05) is 25.5 Å². The van der Waals surface area contributed by atoms with Crippen molar-refractivity contribution >= 4 is 17.4 Å². The Balaban J connectivity index is 1.23. The van der Waals surface area contributed by atoms with Gasteiger partial charge in [-0.25, -0.2) is 9.18 Å². The molecule has 2 aliphatic heterocycles. The van der Waals surface area contributed by atoms with E-state index >= 15 is 0 Å². The van der Waals surface area contributed by atoms with Gasteiger partial charge in [0, 0.05) is 30.6 Å². The van der Waals surface area contributed by atoms with Crippen LogP contribution in [0.15, 0.2) is 47.6 Å². The lowest BCUT2D eigenvalue weighted by Gasteiger charge is -2.22. The van der Waals surface area contributed by atoms with Crippen molar-refractivity contribution < 1.29 is 23.5 Å². The summed E-state index contributed by atoms with van der Waals surface area (Å²) in [6, 6.07) is 11.4. The van der Waals surface area contributed by atoms with Crippen LogP contribution in [0.4, 0.5) is 14.9 Å². The minimum Gasteiger partial charge on any atom is -0.493 e. The van der Waals surface area contributed by atoms with Crippen LogP contribution in [0.5, 0.6) is 11.5 Å². The first-order valence-electron chi connectivity index (χ1n) is 11.5. The minimum absolute atomic E-state index is 0.227. The molecule has 2 aromatic rings. The van der Waals surface area contributed by atoms with Gasteiger partial charge in [0.1, 0.15) is 5.82 Å². The van der Waals surface area contributed by atoms with Crippen molar-refractivity contribution in [3.63, 3.8) is 0 Å². The van der Waals surface area contributed by atoms with Gasteiger partial charge in [0.05, 0.1) is 25.5 Å². The first kappa shape index (κ1) is 21.6. The van der Waals surface area contributed by atoms with Crippen LogP contribution in [0.2, 0.25) is 0 Å². The minimum atomic E-state index is -0.526. The highest BCUT2D eigenvalue weighted by atomic mass is 19.1. The van der Waals surface area contributed by atoms with Gasteiger partial charge in [-0.2, -0.15) is 0 Å². The molecule has 0 bridgehead atoms. The zero-order chi connectivity index (χ0) is 22.8. The number of hydrogen-bond donors (Lipinski definition) is 1. The standard InChI is InChI=1S/C25H28FN3O4/c1-31-22-11-6-17(14-23(22)32-20-4-2-3-5-20)21-15-25(33-28-21)12-13-29(16-25)24(30)27-19-9-7-18(26)8-10-19/h6-11,14,20H,2-5,12-13,15-16H2,1H3,(H,27,30). The molecule has 1 spiro atoms. The summed E-state index contributed by atoms with van der Waals surface area (Å²) >= 11 is 0. The number of anilines is 1. The lowest BCUT2D eigenvalue weighted by atomic mass is 9.93. The number of halogens is 1. The SMILES string of the molecule is COc1ccc(C2=NOC3(CCN(C(=O)Nc4ccc(F)cc4)C3)C2)cc1OC1CCCC1. The van der Waals surface area contributed by atoms with Crippen LogP contribution in [-0.2, 0) is 4.84 Å². The van der Waals surface area contributed by atoms with Crippen LogP contribution in [0.1, 0.15) is 44.1 Å². The molecule has 1 saturated carbocycles. The number of nitrogens with one attached hydrogen (secondary N) is 1. The van der Waals surface area contributed by atoms with Gasteiger partial charge in [-0.15, -0.1) is 0 Å². The number of methoxy groups -OCH3 is 1. The Morgan fingerprint density at radius 2 is 1.97 bits per heavy atom. The van der Waals surface area contributed by atoms with Crippen LogP contribution < -0.4 is 14.8 Å². The van der Waals surface area contributed by atoms with Crippen molar-refractivity contribution in [2.45, 2.75) is 50.2 Å².